The van der Waals surface area contributed by atoms with Gasteiger partial charge in [-0.05, 0) is 38.7 Å². The molecule has 3 amide bonds. The molecule has 0 saturated heterocycles. The molecule has 0 fully saturated rings. The van der Waals surface area contributed by atoms with E-state index in [1.807, 2.05) is 5.32 Å². The van der Waals surface area contributed by atoms with E-state index in [2.05, 4.69) is 10.6 Å². The van der Waals surface area contributed by atoms with E-state index in [0.717, 1.165) is 0 Å². The molecule has 1 rings (SSSR count). The van der Waals surface area contributed by atoms with Crippen molar-refractivity contribution in [2.45, 2.75) is 90.6 Å². The van der Waals surface area contributed by atoms with Crippen molar-refractivity contribution in [2.24, 2.45) is 5.92 Å². The third kappa shape index (κ3) is 14.2. The van der Waals surface area contributed by atoms with Crippen LogP contribution in [-0.2, 0) is 40.1 Å². The van der Waals surface area contributed by atoms with Crippen LogP contribution in [0.3, 0.4) is 0 Å². The second-order valence-corrected chi connectivity index (χ2v) is 10.6. The van der Waals surface area contributed by atoms with Gasteiger partial charge in [0.2, 0.25) is 18.2 Å². The fourth-order valence-electron chi connectivity index (χ4n) is 3.43. The molecule has 0 spiro atoms. The van der Waals surface area contributed by atoms with Crippen molar-refractivity contribution in [1.82, 2.24) is 16.0 Å². The number of Topliss-reactive ketones (excluding diaryl/α,β-unsaturated/α-hetero) is 1. The summed E-state index contributed by atoms with van der Waals surface area (Å²) in [7, 11) is 0. The van der Waals surface area contributed by atoms with Crippen molar-refractivity contribution in [3.8, 4) is 0 Å². The lowest BCUT2D eigenvalue weighted by Gasteiger charge is -2.26. The monoisotopic (exact) mass is 585 g/mol. The summed E-state index contributed by atoms with van der Waals surface area (Å²) in [5, 5.41) is 15.5. The molecule has 41 heavy (non-hydrogen) atoms. The minimum absolute atomic E-state index is 0.0577. The van der Waals surface area contributed by atoms with Crippen LogP contribution >= 0.6 is 0 Å². The maximum absolute atomic E-state index is 13.2. The van der Waals surface area contributed by atoms with E-state index in [9.17, 15) is 37.5 Å². The molecule has 3 atom stereocenters. The molecule has 1 unspecified atom stereocenters. The molecular formula is C27H37F2N3O9. The van der Waals surface area contributed by atoms with Crippen molar-refractivity contribution in [1.29, 1.82) is 0 Å². The molecular weight excluding hydrogens is 548 g/mol. The number of hydrogen-bond acceptors (Lipinski definition) is 8. The number of alkyl carbamates (subject to hydrolysis) is 1. The number of hydrogen-bond donors (Lipinski definition) is 4. The minimum Gasteiger partial charge on any atom is -0.475 e. The number of halogens is 2. The summed E-state index contributed by atoms with van der Waals surface area (Å²) >= 11 is 0. The Labute approximate surface area is 236 Å². The summed E-state index contributed by atoms with van der Waals surface area (Å²) in [5.41, 5.74) is -0.278. The number of carbonyl (C=O) groups excluding carboxylic acids is 5. The van der Waals surface area contributed by atoms with Gasteiger partial charge in [0.1, 0.15) is 30.3 Å². The number of rotatable bonds is 15. The second kappa shape index (κ2) is 16.2. The van der Waals surface area contributed by atoms with Crippen LogP contribution < -0.4 is 16.0 Å². The number of esters is 1. The van der Waals surface area contributed by atoms with E-state index in [1.54, 1.807) is 65.0 Å². The Balaban J connectivity index is 3.12. The molecule has 0 aliphatic rings. The summed E-state index contributed by atoms with van der Waals surface area (Å²) in [6.45, 7) is 7.99. The number of ketones is 1. The molecule has 0 aliphatic heterocycles. The molecule has 0 saturated carbocycles. The first kappa shape index (κ1) is 34.9. The summed E-state index contributed by atoms with van der Waals surface area (Å²) in [4.78, 5) is 74.0. The van der Waals surface area contributed by atoms with E-state index in [4.69, 9.17) is 14.6 Å². The predicted octanol–water partition coefficient (Wildman–Crippen LogP) is 2.34. The number of carboxylic acids is 1. The van der Waals surface area contributed by atoms with Crippen LogP contribution in [0.15, 0.2) is 30.3 Å². The van der Waals surface area contributed by atoms with Crippen LogP contribution in [0.1, 0.15) is 59.4 Å². The standard InChI is InChI=1S/C27H37F2N3O9/c1-15(2)11-18(23(35)30-17(12-20(28)29)22(34)25(37)38)31-24(36)19(32-26(39)41-27(3,4)5)13-21(33)40-14-16-9-7-6-8-10-16/h6-10,15,17-20H,11-14H2,1-5H3,(H,30,35)(H,31,36)(H,32,39)(H,37,38)/t17?,18-,19-/m0/s1. The third-order valence-corrected chi connectivity index (χ3v) is 5.22. The molecule has 1 aromatic carbocycles. The van der Waals surface area contributed by atoms with Gasteiger partial charge in [0.05, 0.1) is 6.42 Å². The lowest BCUT2D eigenvalue weighted by molar-refractivity contribution is -0.151. The first-order chi connectivity index (χ1) is 19.0. The fourth-order valence-corrected chi connectivity index (χ4v) is 3.43. The maximum atomic E-state index is 13.2. The zero-order chi connectivity index (χ0) is 31.3. The Kier molecular flexibility index (Phi) is 13.8. The highest BCUT2D eigenvalue weighted by Gasteiger charge is 2.34. The van der Waals surface area contributed by atoms with Crippen molar-refractivity contribution >= 4 is 35.6 Å². The highest BCUT2D eigenvalue weighted by molar-refractivity contribution is 6.35. The Hall–Kier alpha value is -4.10. The van der Waals surface area contributed by atoms with Gasteiger partial charge in [-0.25, -0.2) is 18.4 Å². The van der Waals surface area contributed by atoms with E-state index in [0.29, 0.717) is 5.56 Å². The molecule has 4 N–H and O–H groups in total. The quantitative estimate of drug-likeness (QED) is 0.178. The van der Waals surface area contributed by atoms with Crippen molar-refractivity contribution in [3.05, 3.63) is 35.9 Å². The lowest BCUT2D eigenvalue weighted by atomic mass is 10.0. The van der Waals surface area contributed by atoms with Crippen molar-refractivity contribution in [3.63, 3.8) is 0 Å². The van der Waals surface area contributed by atoms with E-state index in [-0.39, 0.29) is 18.9 Å². The number of carbonyl (C=O) groups is 6. The first-order valence-corrected chi connectivity index (χ1v) is 12.8. The number of alkyl halides is 2. The first-order valence-electron chi connectivity index (χ1n) is 12.8. The smallest absolute Gasteiger partial charge is 0.408 e. The molecule has 12 nitrogen and oxygen atoms in total. The average molecular weight is 586 g/mol. The minimum atomic E-state index is -3.11. The van der Waals surface area contributed by atoms with Gasteiger partial charge in [-0.1, -0.05) is 44.2 Å². The Morgan fingerprint density at radius 3 is 1.93 bits per heavy atom. The fraction of sp³-hybridized carbons (Fsp3) is 0.556. The van der Waals surface area contributed by atoms with Gasteiger partial charge in [-0.15, -0.1) is 0 Å². The molecule has 1 aromatic rings. The molecule has 0 aliphatic carbocycles. The van der Waals surface area contributed by atoms with Crippen LogP contribution in [0.5, 0.6) is 0 Å². The second-order valence-electron chi connectivity index (χ2n) is 10.6. The predicted molar refractivity (Wildman–Crippen MR) is 141 cm³/mol. The number of aliphatic carboxylic acids is 1. The van der Waals surface area contributed by atoms with Gasteiger partial charge in [0.25, 0.3) is 5.78 Å². The number of amides is 3. The molecule has 228 valence electrons. The maximum Gasteiger partial charge on any atom is 0.408 e. The van der Waals surface area contributed by atoms with Crippen LogP contribution in [0.4, 0.5) is 13.6 Å². The van der Waals surface area contributed by atoms with Gasteiger partial charge < -0.3 is 30.5 Å². The van der Waals surface area contributed by atoms with Gasteiger partial charge in [-0.2, -0.15) is 0 Å². The SMILES string of the molecule is CC(C)C[C@H](NC(=O)[C@H](CC(=O)OCc1ccccc1)NC(=O)OC(C)(C)C)C(=O)NC(CC(F)F)C(=O)C(=O)O. The Morgan fingerprint density at radius 2 is 1.41 bits per heavy atom. The van der Waals surface area contributed by atoms with Crippen LogP contribution in [0.25, 0.3) is 0 Å². The number of carboxylic acid groups (broad SMARTS) is 1. The van der Waals surface area contributed by atoms with Gasteiger partial charge in [0, 0.05) is 6.42 Å². The van der Waals surface area contributed by atoms with Crippen LogP contribution in [0, 0.1) is 5.92 Å². The molecule has 0 bridgehead atoms. The Morgan fingerprint density at radius 1 is 0.854 bits per heavy atom. The van der Waals surface area contributed by atoms with Crippen molar-refractivity contribution in [2.75, 3.05) is 0 Å². The summed E-state index contributed by atoms with van der Waals surface area (Å²) in [6.07, 6.45) is -6.11. The molecule has 0 aromatic heterocycles. The average Bonchev–Trinajstić information content (AvgIpc) is 2.84. The van der Waals surface area contributed by atoms with E-state index >= 15 is 0 Å². The van der Waals surface area contributed by atoms with Gasteiger partial charge in [0.15, 0.2) is 0 Å². The zero-order valence-electron chi connectivity index (χ0n) is 23.6. The number of benzene rings is 1. The third-order valence-electron chi connectivity index (χ3n) is 5.22. The summed E-state index contributed by atoms with van der Waals surface area (Å²) in [6, 6.07) is 3.60. The highest BCUT2D eigenvalue weighted by atomic mass is 19.3. The molecule has 0 radical (unpaired) electrons. The van der Waals surface area contributed by atoms with Crippen molar-refractivity contribution < 1.29 is 52.1 Å². The molecule has 14 heteroatoms. The number of nitrogens with one attached hydrogen (secondary N) is 3. The van der Waals surface area contributed by atoms with E-state index in [1.165, 1.54) is 0 Å². The lowest BCUT2D eigenvalue weighted by Crippen LogP contribution is -2.57. The van der Waals surface area contributed by atoms with Gasteiger partial charge >= 0.3 is 18.0 Å². The Bertz CT molecular complexity index is 1080. The van der Waals surface area contributed by atoms with Gasteiger partial charge in [-0.3, -0.25) is 19.2 Å². The molecule has 0 heterocycles. The zero-order valence-corrected chi connectivity index (χ0v) is 23.6. The summed E-state index contributed by atoms with van der Waals surface area (Å²) in [5.74, 6) is -6.89. The normalized spacial score (nSPS) is 13.5. The van der Waals surface area contributed by atoms with Crippen LogP contribution in [0.2, 0.25) is 0 Å². The summed E-state index contributed by atoms with van der Waals surface area (Å²) < 4.78 is 36.3. The highest BCUT2D eigenvalue weighted by Crippen LogP contribution is 2.12. The van der Waals surface area contributed by atoms with Crippen LogP contribution in [-0.4, -0.2) is 70.9 Å². The largest absolute Gasteiger partial charge is 0.475 e. The number of ether oxygens (including phenoxy) is 2. The van der Waals surface area contributed by atoms with E-state index < -0.39 is 78.6 Å². The topological polar surface area (TPSA) is 177 Å².